The molecule has 0 aromatic rings. The van der Waals surface area contributed by atoms with Gasteiger partial charge in [-0.3, -0.25) is 4.79 Å². The first-order valence-electron chi connectivity index (χ1n) is 7.76. The van der Waals surface area contributed by atoms with Gasteiger partial charge in [0.1, 0.15) is 0 Å². The number of amides is 1. The second-order valence-electron chi connectivity index (χ2n) is 6.63. The van der Waals surface area contributed by atoms with Crippen LogP contribution in [0, 0.1) is 5.92 Å². The number of rotatable bonds is 4. The standard InChI is InChI=1S/C15H29N3O/c1-17(2)11-14-4-3-9-18(14)15(19)10-12-5-7-13(16)8-6-12/h12-14H,3-11,16H2,1-2H3. The summed E-state index contributed by atoms with van der Waals surface area (Å²) in [5.74, 6) is 0.956. The molecule has 110 valence electrons. The van der Waals surface area contributed by atoms with Gasteiger partial charge in [0.05, 0.1) is 0 Å². The van der Waals surface area contributed by atoms with E-state index in [9.17, 15) is 4.79 Å². The first-order valence-corrected chi connectivity index (χ1v) is 7.76. The molecule has 0 radical (unpaired) electrons. The van der Waals surface area contributed by atoms with E-state index < -0.39 is 0 Å². The second-order valence-corrected chi connectivity index (χ2v) is 6.63. The Morgan fingerprint density at radius 1 is 1.21 bits per heavy atom. The molecule has 1 atom stereocenters. The van der Waals surface area contributed by atoms with Crippen molar-refractivity contribution in [3.8, 4) is 0 Å². The summed E-state index contributed by atoms with van der Waals surface area (Å²) in [5.41, 5.74) is 5.93. The van der Waals surface area contributed by atoms with Crippen molar-refractivity contribution >= 4 is 5.91 Å². The Bertz CT molecular complexity index is 298. The van der Waals surface area contributed by atoms with Crippen LogP contribution in [-0.4, -0.2) is 55.0 Å². The van der Waals surface area contributed by atoms with Crippen LogP contribution in [0.5, 0.6) is 0 Å². The predicted octanol–water partition coefficient (Wildman–Crippen LogP) is 1.45. The Balaban J connectivity index is 1.81. The number of nitrogens with zero attached hydrogens (tertiary/aromatic N) is 2. The van der Waals surface area contributed by atoms with E-state index in [0.717, 1.165) is 45.2 Å². The fourth-order valence-electron chi connectivity index (χ4n) is 3.53. The van der Waals surface area contributed by atoms with Crippen molar-refractivity contribution in [2.45, 2.75) is 57.0 Å². The van der Waals surface area contributed by atoms with Gasteiger partial charge in [-0.1, -0.05) is 0 Å². The number of likely N-dealkylation sites (tertiary alicyclic amines) is 1. The number of carbonyl (C=O) groups excluding carboxylic acids is 1. The van der Waals surface area contributed by atoms with Gasteiger partial charge >= 0.3 is 0 Å². The van der Waals surface area contributed by atoms with E-state index >= 15 is 0 Å². The van der Waals surface area contributed by atoms with Crippen molar-refractivity contribution in [2.75, 3.05) is 27.2 Å². The van der Waals surface area contributed by atoms with Crippen LogP contribution in [0.3, 0.4) is 0 Å². The molecule has 1 amide bonds. The fraction of sp³-hybridized carbons (Fsp3) is 0.933. The average Bonchev–Trinajstić information content (AvgIpc) is 2.79. The second kappa shape index (κ2) is 6.71. The van der Waals surface area contributed by atoms with Crippen LogP contribution < -0.4 is 5.73 Å². The highest BCUT2D eigenvalue weighted by molar-refractivity contribution is 5.77. The summed E-state index contributed by atoms with van der Waals surface area (Å²) in [4.78, 5) is 16.8. The zero-order valence-corrected chi connectivity index (χ0v) is 12.5. The van der Waals surface area contributed by atoms with E-state index in [4.69, 9.17) is 5.73 Å². The fourth-order valence-corrected chi connectivity index (χ4v) is 3.53. The summed E-state index contributed by atoms with van der Waals surface area (Å²) >= 11 is 0. The van der Waals surface area contributed by atoms with E-state index in [2.05, 4.69) is 23.9 Å². The minimum absolute atomic E-state index is 0.375. The molecular weight excluding hydrogens is 238 g/mol. The lowest BCUT2D eigenvalue weighted by atomic mass is 9.84. The molecule has 1 heterocycles. The third kappa shape index (κ3) is 4.18. The Morgan fingerprint density at radius 3 is 2.53 bits per heavy atom. The molecule has 2 N–H and O–H groups in total. The Hall–Kier alpha value is -0.610. The van der Waals surface area contributed by atoms with E-state index in [1.54, 1.807) is 0 Å². The topological polar surface area (TPSA) is 49.6 Å². The molecule has 1 saturated heterocycles. The molecule has 2 aliphatic rings. The van der Waals surface area contributed by atoms with Crippen LogP contribution >= 0.6 is 0 Å². The van der Waals surface area contributed by atoms with Crippen molar-refractivity contribution in [1.29, 1.82) is 0 Å². The summed E-state index contributed by atoms with van der Waals surface area (Å²) < 4.78 is 0. The van der Waals surface area contributed by atoms with Crippen LogP contribution in [-0.2, 0) is 4.79 Å². The molecule has 4 nitrogen and oxygen atoms in total. The van der Waals surface area contributed by atoms with Crippen molar-refractivity contribution in [3.05, 3.63) is 0 Å². The van der Waals surface area contributed by atoms with Crippen molar-refractivity contribution in [1.82, 2.24) is 9.80 Å². The quantitative estimate of drug-likeness (QED) is 0.838. The van der Waals surface area contributed by atoms with Gasteiger partial charge in [0.2, 0.25) is 5.91 Å². The van der Waals surface area contributed by atoms with Crippen LogP contribution in [0.1, 0.15) is 44.9 Å². The molecule has 1 aliphatic carbocycles. The first kappa shape index (κ1) is 14.8. The van der Waals surface area contributed by atoms with Gasteiger partial charge in [-0.25, -0.2) is 0 Å². The van der Waals surface area contributed by atoms with Crippen molar-refractivity contribution in [3.63, 3.8) is 0 Å². The summed E-state index contributed by atoms with van der Waals surface area (Å²) in [5, 5.41) is 0. The lowest BCUT2D eigenvalue weighted by Gasteiger charge is -2.30. The van der Waals surface area contributed by atoms with E-state index in [1.165, 1.54) is 12.8 Å². The summed E-state index contributed by atoms with van der Waals surface area (Å²) in [6.07, 6.45) is 7.55. The van der Waals surface area contributed by atoms with Gasteiger partial charge in [0.15, 0.2) is 0 Å². The molecule has 1 saturated carbocycles. The molecule has 2 rings (SSSR count). The van der Waals surface area contributed by atoms with Gasteiger partial charge in [0, 0.05) is 31.6 Å². The summed E-state index contributed by atoms with van der Waals surface area (Å²) in [6, 6.07) is 0.813. The lowest BCUT2D eigenvalue weighted by Crippen LogP contribution is -2.42. The third-order valence-electron chi connectivity index (χ3n) is 4.63. The monoisotopic (exact) mass is 267 g/mol. The van der Waals surface area contributed by atoms with Crippen molar-refractivity contribution < 1.29 is 4.79 Å². The number of hydrogen-bond acceptors (Lipinski definition) is 3. The van der Waals surface area contributed by atoms with Gasteiger partial charge in [-0.05, 0) is 58.5 Å². The number of carbonyl (C=O) groups is 1. The molecule has 19 heavy (non-hydrogen) atoms. The molecule has 1 aliphatic heterocycles. The van der Waals surface area contributed by atoms with Gasteiger partial charge in [0.25, 0.3) is 0 Å². The molecule has 4 heteroatoms. The number of hydrogen-bond donors (Lipinski definition) is 1. The van der Waals surface area contributed by atoms with E-state index in [-0.39, 0.29) is 0 Å². The molecule has 0 aromatic heterocycles. The Labute approximate surface area is 117 Å². The SMILES string of the molecule is CN(C)CC1CCCN1C(=O)CC1CCC(N)CC1. The van der Waals surface area contributed by atoms with Gasteiger partial charge < -0.3 is 15.5 Å². The third-order valence-corrected chi connectivity index (χ3v) is 4.63. The molecule has 0 spiro atoms. The van der Waals surface area contributed by atoms with Crippen LogP contribution in [0.15, 0.2) is 0 Å². The first-order chi connectivity index (χ1) is 9.06. The minimum Gasteiger partial charge on any atom is -0.338 e. The molecular formula is C15H29N3O. The maximum Gasteiger partial charge on any atom is 0.223 e. The Kier molecular flexibility index (Phi) is 5.22. The highest BCUT2D eigenvalue weighted by Crippen LogP contribution is 2.28. The lowest BCUT2D eigenvalue weighted by molar-refractivity contribution is -0.133. The molecule has 2 fully saturated rings. The van der Waals surface area contributed by atoms with Crippen LogP contribution in [0.2, 0.25) is 0 Å². The minimum atomic E-state index is 0.375. The highest BCUT2D eigenvalue weighted by atomic mass is 16.2. The smallest absolute Gasteiger partial charge is 0.223 e. The van der Waals surface area contributed by atoms with E-state index in [1.807, 2.05) is 0 Å². The van der Waals surface area contributed by atoms with Crippen LogP contribution in [0.25, 0.3) is 0 Å². The number of likely N-dealkylation sites (N-methyl/N-ethyl adjacent to an activating group) is 1. The van der Waals surface area contributed by atoms with E-state index in [0.29, 0.717) is 23.9 Å². The largest absolute Gasteiger partial charge is 0.338 e. The average molecular weight is 267 g/mol. The van der Waals surface area contributed by atoms with Crippen LogP contribution in [0.4, 0.5) is 0 Å². The number of nitrogens with two attached hydrogens (primary N) is 1. The maximum absolute atomic E-state index is 12.5. The summed E-state index contributed by atoms with van der Waals surface area (Å²) in [6.45, 7) is 1.96. The zero-order valence-electron chi connectivity index (χ0n) is 12.5. The normalized spacial score (nSPS) is 32.0. The Morgan fingerprint density at radius 2 is 1.89 bits per heavy atom. The predicted molar refractivity (Wildman–Crippen MR) is 77.8 cm³/mol. The van der Waals surface area contributed by atoms with Gasteiger partial charge in [-0.15, -0.1) is 0 Å². The summed E-state index contributed by atoms with van der Waals surface area (Å²) in [7, 11) is 4.17. The maximum atomic E-state index is 12.5. The zero-order chi connectivity index (χ0) is 13.8. The van der Waals surface area contributed by atoms with Gasteiger partial charge in [-0.2, -0.15) is 0 Å². The highest BCUT2D eigenvalue weighted by Gasteiger charge is 2.30. The van der Waals surface area contributed by atoms with Crippen molar-refractivity contribution in [2.24, 2.45) is 11.7 Å². The molecule has 0 aromatic carbocycles. The molecule has 1 unspecified atom stereocenters. The molecule has 0 bridgehead atoms.